The second kappa shape index (κ2) is 7.50. The number of unbranched alkanes of at least 4 members (excludes halogenated alkanes) is 1. The third-order valence-corrected chi connectivity index (χ3v) is 2.62. The zero-order valence-electron chi connectivity index (χ0n) is 11.2. The molecule has 0 saturated heterocycles. The monoisotopic (exact) mass is 269 g/mol. The topological polar surface area (TPSA) is 105 Å². The van der Waals surface area contributed by atoms with Crippen LogP contribution in [0.25, 0.3) is 0 Å². The van der Waals surface area contributed by atoms with E-state index in [1.165, 1.54) is 0 Å². The molecule has 1 aromatic heterocycles. The fourth-order valence-corrected chi connectivity index (χ4v) is 1.59. The lowest BCUT2D eigenvalue weighted by atomic mass is 10.1. The molecule has 2 N–H and O–H groups in total. The molecule has 0 spiro atoms. The lowest BCUT2D eigenvalue weighted by molar-refractivity contribution is -0.142. The summed E-state index contributed by atoms with van der Waals surface area (Å²) < 4.78 is 4.87. The van der Waals surface area contributed by atoms with Gasteiger partial charge in [-0.15, -0.1) is 0 Å². The van der Waals surface area contributed by atoms with Gasteiger partial charge in [-0.05, 0) is 13.3 Å². The van der Waals surface area contributed by atoms with Crippen molar-refractivity contribution in [3.63, 3.8) is 0 Å². The van der Waals surface area contributed by atoms with Crippen LogP contribution in [0.3, 0.4) is 0 Å². The van der Waals surface area contributed by atoms with Crippen molar-refractivity contribution in [1.29, 1.82) is 0 Å². The van der Waals surface area contributed by atoms with Crippen LogP contribution in [0.5, 0.6) is 0 Å². The number of carbonyl (C=O) groups excluding carboxylic acids is 1. The van der Waals surface area contributed by atoms with Gasteiger partial charge in [0, 0.05) is 12.8 Å². The molecule has 1 amide bonds. The number of carboxylic acid groups (broad SMARTS) is 1. The molecular formula is C12H19N3O4. The highest BCUT2D eigenvalue weighted by atomic mass is 16.5. The maximum absolute atomic E-state index is 11.6. The summed E-state index contributed by atoms with van der Waals surface area (Å²) in [6.45, 7) is 3.66. The quantitative estimate of drug-likeness (QED) is 0.731. The van der Waals surface area contributed by atoms with Crippen molar-refractivity contribution in [1.82, 2.24) is 15.5 Å². The number of carbonyl (C=O) groups is 2. The van der Waals surface area contributed by atoms with E-state index < -0.39 is 12.0 Å². The number of carboxylic acids is 1. The van der Waals surface area contributed by atoms with Crippen LogP contribution in [0.2, 0.25) is 0 Å². The van der Waals surface area contributed by atoms with E-state index in [1.807, 2.05) is 6.92 Å². The second-order valence-corrected chi connectivity index (χ2v) is 4.34. The minimum absolute atomic E-state index is 0.136. The standard InChI is InChI=1S/C12H19N3O4/c1-3-4-5-9(12(17)18)14-10(16)6-7-11-13-8(2)15-19-11/h9H,3-7H2,1-2H3,(H,14,16)(H,17,18)/t9-/m0/s1. The Morgan fingerprint density at radius 2 is 2.21 bits per heavy atom. The Labute approximate surface area is 111 Å². The molecule has 0 unspecified atom stereocenters. The Bertz CT molecular complexity index is 430. The minimum atomic E-state index is -1.00. The molecule has 0 radical (unpaired) electrons. The van der Waals surface area contributed by atoms with Gasteiger partial charge in [0.1, 0.15) is 6.04 Å². The van der Waals surface area contributed by atoms with E-state index in [2.05, 4.69) is 15.5 Å². The minimum Gasteiger partial charge on any atom is -0.480 e. The maximum atomic E-state index is 11.6. The number of amides is 1. The van der Waals surface area contributed by atoms with Crippen molar-refractivity contribution < 1.29 is 19.2 Å². The number of hydrogen-bond acceptors (Lipinski definition) is 5. The zero-order chi connectivity index (χ0) is 14.3. The van der Waals surface area contributed by atoms with Gasteiger partial charge >= 0.3 is 5.97 Å². The van der Waals surface area contributed by atoms with Gasteiger partial charge in [0.2, 0.25) is 11.8 Å². The Morgan fingerprint density at radius 1 is 1.47 bits per heavy atom. The molecule has 0 aromatic carbocycles. The summed E-state index contributed by atoms with van der Waals surface area (Å²) in [5.41, 5.74) is 0. The summed E-state index contributed by atoms with van der Waals surface area (Å²) in [7, 11) is 0. The van der Waals surface area contributed by atoms with Crippen molar-refractivity contribution in [2.75, 3.05) is 0 Å². The highest BCUT2D eigenvalue weighted by Crippen LogP contribution is 2.03. The zero-order valence-corrected chi connectivity index (χ0v) is 11.2. The summed E-state index contributed by atoms with van der Waals surface area (Å²) in [6, 6.07) is -0.822. The maximum Gasteiger partial charge on any atom is 0.326 e. The normalized spacial score (nSPS) is 12.1. The molecule has 0 bridgehead atoms. The first-order chi connectivity index (χ1) is 9.02. The molecule has 106 valence electrons. The number of aliphatic carboxylic acids is 1. The lowest BCUT2D eigenvalue weighted by Gasteiger charge is -2.13. The van der Waals surface area contributed by atoms with Crippen LogP contribution in [0.15, 0.2) is 4.52 Å². The predicted octanol–water partition coefficient (Wildman–Crippen LogP) is 1.07. The van der Waals surface area contributed by atoms with Crippen molar-refractivity contribution in [3.8, 4) is 0 Å². The lowest BCUT2D eigenvalue weighted by Crippen LogP contribution is -2.40. The van der Waals surface area contributed by atoms with Crippen LogP contribution >= 0.6 is 0 Å². The Morgan fingerprint density at radius 3 is 2.74 bits per heavy atom. The fraction of sp³-hybridized carbons (Fsp3) is 0.667. The second-order valence-electron chi connectivity index (χ2n) is 4.34. The number of hydrogen-bond donors (Lipinski definition) is 2. The van der Waals surface area contributed by atoms with Gasteiger partial charge in [-0.3, -0.25) is 4.79 Å². The summed E-state index contributed by atoms with van der Waals surface area (Å²) in [4.78, 5) is 26.6. The van der Waals surface area contributed by atoms with E-state index in [4.69, 9.17) is 9.63 Å². The van der Waals surface area contributed by atoms with Crippen LogP contribution in [-0.4, -0.2) is 33.2 Å². The van der Waals surface area contributed by atoms with Crippen LogP contribution in [0.4, 0.5) is 0 Å². The van der Waals surface area contributed by atoms with Gasteiger partial charge < -0.3 is 14.9 Å². The van der Waals surface area contributed by atoms with Crippen molar-refractivity contribution in [3.05, 3.63) is 11.7 Å². The molecule has 1 aromatic rings. The van der Waals surface area contributed by atoms with E-state index in [1.54, 1.807) is 6.92 Å². The number of nitrogens with one attached hydrogen (secondary N) is 1. The van der Waals surface area contributed by atoms with Crippen LogP contribution < -0.4 is 5.32 Å². The Balaban J connectivity index is 2.37. The number of aryl methyl sites for hydroxylation is 2. The van der Waals surface area contributed by atoms with Crippen molar-refractivity contribution >= 4 is 11.9 Å². The number of nitrogens with zero attached hydrogens (tertiary/aromatic N) is 2. The first-order valence-electron chi connectivity index (χ1n) is 6.34. The summed E-state index contributed by atoms with van der Waals surface area (Å²) >= 11 is 0. The van der Waals surface area contributed by atoms with Crippen molar-refractivity contribution in [2.24, 2.45) is 0 Å². The summed E-state index contributed by atoms with van der Waals surface area (Å²) in [6.07, 6.45) is 2.54. The molecule has 0 aliphatic rings. The van der Waals surface area contributed by atoms with E-state index in [-0.39, 0.29) is 12.3 Å². The van der Waals surface area contributed by atoms with Gasteiger partial charge in [-0.2, -0.15) is 4.98 Å². The fourth-order valence-electron chi connectivity index (χ4n) is 1.59. The molecular weight excluding hydrogens is 250 g/mol. The molecule has 19 heavy (non-hydrogen) atoms. The average Bonchev–Trinajstić information content (AvgIpc) is 2.77. The SMILES string of the molecule is CCCC[C@H](NC(=O)CCc1nc(C)no1)C(=O)O. The van der Waals surface area contributed by atoms with Gasteiger partial charge in [-0.25, -0.2) is 4.79 Å². The largest absolute Gasteiger partial charge is 0.480 e. The first-order valence-corrected chi connectivity index (χ1v) is 6.34. The Kier molecular flexibility index (Phi) is 5.98. The molecule has 1 atom stereocenters. The third kappa shape index (κ3) is 5.50. The summed E-state index contributed by atoms with van der Waals surface area (Å²) in [5.74, 6) is -0.426. The number of rotatable bonds is 8. The van der Waals surface area contributed by atoms with Crippen LogP contribution in [0, 0.1) is 6.92 Å². The van der Waals surface area contributed by atoms with Gasteiger partial charge in [0.15, 0.2) is 5.82 Å². The highest BCUT2D eigenvalue weighted by Gasteiger charge is 2.19. The third-order valence-electron chi connectivity index (χ3n) is 2.62. The van der Waals surface area contributed by atoms with Gasteiger partial charge in [0.25, 0.3) is 0 Å². The predicted molar refractivity (Wildman–Crippen MR) is 66.4 cm³/mol. The molecule has 7 nitrogen and oxygen atoms in total. The van der Waals surface area contributed by atoms with Crippen LogP contribution in [0.1, 0.15) is 44.3 Å². The molecule has 1 rings (SSSR count). The van der Waals surface area contributed by atoms with Crippen LogP contribution in [-0.2, 0) is 16.0 Å². The average molecular weight is 269 g/mol. The summed E-state index contributed by atoms with van der Waals surface area (Å²) in [5, 5.41) is 15.1. The molecule has 0 aliphatic heterocycles. The molecule has 0 aliphatic carbocycles. The van der Waals surface area contributed by atoms with E-state index in [0.717, 1.165) is 12.8 Å². The van der Waals surface area contributed by atoms with Gasteiger partial charge in [0.05, 0.1) is 0 Å². The van der Waals surface area contributed by atoms with E-state index in [0.29, 0.717) is 24.6 Å². The van der Waals surface area contributed by atoms with Gasteiger partial charge in [-0.1, -0.05) is 24.9 Å². The van der Waals surface area contributed by atoms with E-state index in [9.17, 15) is 9.59 Å². The molecule has 0 saturated carbocycles. The smallest absolute Gasteiger partial charge is 0.326 e. The Hall–Kier alpha value is -1.92. The molecule has 7 heteroatoms. The van der Waals surface area contributed by atoms with Crippen molar-refractivity contribution in [2.45, 2.75) is 52.0 Å². The highest BCUT2D eigenvalue weighted by molar-refractivity contribution is 5.83. The molecule has 1 heterocycles. The number of aromatic nitrogens is 2. The van der Waals surface area contributed by atoms with E-state index >= 15 is 0 Å². The first kappa shape index (κ1) is 15.1. The molecule has 0 fully saturated rings.